The Morgan fingerprint density at radius 1 is 1.05 bits per heavy atom. The summed E-state index contributed by atoms with van der Waals surface area (Å²) in [4.78, 5) is 0. The molecule has 0 radical (unpaired) electrons. The van der Waals surface area contributed by atoms with E-state index in [1.807, 2.05) is 53.5 Å². The van der Waals surface area contributed by atoms with Crippen LogP contribution in [0.3, 0.4) is 0 Å². The van der Waals surface area contributed by atoms with Crippen molar-refractivity contribution in [1.82, 2.24) is 9.78 Å². The van der Waals surface area contributed by atoms with Crippen molar-refractivity contribution < 1.29 is 4.74 Å². The lowest BCUT2D eigenvalue weighted by molar-refractivity contribution is 0.414. The second-order valence-corrected chi connectivity index (χ2v) is 5.30. The molecule has 0 aliphatic rings. The molecule has 0 atom stereocenters. The number of aromatic nitrogens is 2. The molecule has 1 heterocycles. The van der Waals surface area contributed by atoms with Crippen molar-refractivity contribution in [3.05, 3.63) is 65.4 Å². The molecule has 4 heteroatoms. The molecule has 1 aromatic heterocycles. The van der Waals surface area contributed by atoms with Crippen LogP contribution in [0.5, 0.6) is 5.75 Å². The largest absolute Gasteiger partial charge is 0.497 e. The highest BCUT2D eigenvalue weighted by atomic mass is 79.9. The van der Waals surface area contributed by atoms with Gasteiger partial charge in [-0.2, -0.15) is 5.10 Å². The summed E-state index contributed by atoms with van der Waals surface area (Å²) in [6, 6.07) is 16.0. The molecule has 0 N–H and O–H groups in total. The molecule has 0 amide bonds. The van der Waals surface area contributed by atoms with Crippen LogP contribution < -0.4 is 4.74 Å². The van der Waals surface area contributed by atoms with Gasteiger partial charge in [-0.25, -0.2) is 4.68 Å². The van der Waals surface area contributed by atoms with E-state index >= 15 is 0 Å². The fourth-order valence-corrected chi connectivity index (χ4v) is 2.42. The second-order valence-electron chi connectivity index (χ2n) is 4.38. The minimum absolute atomic E-state index is 0.841. The summed E-state index contributed by atoms with van der Waals surface area (Å²) < 4.78 is 8.08. The van der Waals surface area contributed by atoms with Crippen LogP contribution in [-0.4, -0.2) is 16.9 Å². The summed E-state index contributed by atoms with van der Waals surface area (Å²) in [7, 11) is 1.66. The zero-order valence-electron chi connectivity index (χ0n) is 11.0. The van der Waals surface area contributed by atoms with Crippen molar-refractivity contribution in [2.24, 2.45) is 0 Å². The van der Waals surface area contributed by atoms with Gasteiger partial charge in [0.1, 0.15) is 5.75 Å². The van der Waals surface area contributed by atoms with Crippen LogP contribution in [0.1, 0.15) is 0 Å². The van der Waals surface area contributed by atoms with Crippen LogP contribution in [0.4, 0.5) is 0 Å². The van der Waals surface area contributed by atoms with Crippen molar-refractivity contribution >= 4 is 15.9 Å². The molecular formula is C16H13BrN2O. The number of halogens is 1. The number of nitrogens with zero attached hydrogens (tertiary/aromatic N) is 2. The van der Waals surface area contributed by atoms with E-state index in [0.29, 0.717) is 0 Å². The molecule has 0 saturated carbocycles. The number of rotatable bonds is 3. The average Bonchev–Trinajstić information content (AvgIpc) is 2.97. The van der Waals surface area contributed by atoms with Crippen LogP contribution >= 0.6 is 15.9 Å². The van der Waals surface area contributed by atoms with E-state index in [9.17, 15) is 0 Å². The van der Waals surface area contributed by atoms with E-state index in [1.165, 1.54) is 0 Å². The third kappa shape index (κ3) is 2.60. The van der Waals surface area contributed by atoms with E-state index in [0.717, 1.165) is 27.0 Å². The lowest BCUT2D eigenvalue weighted by Gasteiger charge is -2.03. The highest BCUT2D eigenvalue weighted by molar-refractivity contribution is 9.10. The van der Waals surface area contributed by atoms with Crippen molar-refractivity contribution in [1.29, 1.82) is 0 Å². The predicted octanol–water partition coefficient (Wildman–Crippen LogP) is 4.31. The minimum Gasteiger partial charge on any atom is -0.497 e. The Hall–Kier alpha value is -2.07. The molecular weight excluding hydrogens is 316 g/mol. The van der Waals surface area contributed by atoms with Gasteiger partial charge in [0.15, 0.2) is 0 Å². The Balaban J connectivity index is 1.93. The first-order valence-electron chi connectivity index (χ1n) is 6.21. The first-order chi connectivity index (χ1) is 9.76. The summed E-state index contributed by atoms with van der Waals surface area (Å²) in [5.41, 5.74) is 3.23. The highest BCUT2D eigenvalue weighted by Gasteiger charge is 2.04. The average molecular weight is 329 g/mol. The van der Waals surface area contributed by atoms with Crippen molar-refractivity contribution in [3.63, 3.8) is 0 Å². The standard InChI is InChI=1S/C16H13BrN2O/c1-20-16-7-5-15(6-8-16)19-11-13(10-18-19)12-3-2-4-14(17)9-12/h2-11H,1H3. The van der Waals surface area contributed by atoms with Gasteiger partial charge in [0.25, 0.3) is 0 Å². The Morgan fingerprint density at radius 3 is 2.55 bits per heavy atom. The fraction of sp³-hybridized carbons (Fsp3) is 0.0625. The maximum Gasteiger partial charge on any atom is 0.119 e. The zero-order chi connectivity index (χ0) is 13.9. The SMILES string of the molecule is COc1ccc(-n2cc(-c3cccc(Br)c3)cn2)cc1. The summed E-state index contributed by atoms with van der Waals surface area (Å²) >= 11 is 3.49. The van der Waals surface area contributed by atoms with E-state index in [-0.39, 0.29) is 0 Å². The molecule has 3 aromatic rings. The Morgan fingerprint density at radius 2 is 1.85 bits per heavy atom. The van der Waals surface area contributed by atoms with Gasteiger partial charge in [0.2, 0.25) is 0 Å². The Labute approximate surface area is 125 Å². The van der Waals surface area contributed by atoms with Crippen LogP contribution in [0, 0.1) is 0 Å². The van der Waals surface area contributed by atoms with Crippen LogP contribution in [0.25, 0.3) is 16.8 Å². The maximum atomic E-state index is 5.16. The molecule has 100 valence electrons. The van der Waals surface area contributed by atoms with Gasteiger partial charge in [-0.3, -0.25) is 0 Å². The third-order valence-electron chi connectivity index (χ3n) is 3.08. The number of benzene rings is 2. The number of hydrogen-bond acceptors (Lipinski definition) is 2. The lowest BCUT2D eigenvalue weighted by atomic mass is 10.1. The lowest BCUT2D eigenvalue weighted by Crippen LogP contribution is -1.93. The molecule has 0 unspecified atom stereocenters. The maximum absolute atomic E-state index is 5.16. The topological polar surface area (TPSA) is 27.1 Å². The Bertz CT molecular complexity index is 719. The van der Waals surface area contributed by atoms with E-state index in [1.54, 1.807) is 7.11 Å². The minimum atomic E-state index is 0.841. The van der Waals surface area contributed by atoms with E-state index in [4.69, 9.17) is 4.74 Å². The van der Waals surface area contributed by atoms with Crippen LogP contribution in [-0.2, 0) is 0 Å². The van der Waals surface area contributed by atoms with Gasteiger partial charge < -0.3 is 4.74 Å². The zero-order valence-corrected chi connectivity index (χ0v) is 12.5. The van der Waals surface area contributed by atoms with E-state index in [2.05, 4.69) is 33.2 Å². The molecule has 3 rings (SSSR count). The molecule has 2 aromatic carbocycles. The van der Waals surface area contributed by atoms with Crippen LogP contribution in [0.2, 0.25) is 0 Å². The van der Waals surface area contributed by atoms with Gasteiger partial charge in [-0.05, 0) is 42.0 Å². The molecule has 20 heavy (non-hydrogen) atoms. The van der Waals surface area contributed by atoms with Crippen molar-refractivity contribution in [3.8, 4) is 22.6 Å². The fourth-order valence-electron chi connectivity index (χ4n) is 2.02. The third-order valence-corrected chi connectivity index (χ3v) is 3.57. The summed E-state index contributed by atoms with van der Waals surface area (Å²) in [6.45, 7) is 0. The molecule has 3 nitrogen and oxygen atoms in total. The summed E-state index contributed by atoms with van der Waals surface area (Å²) in [6.07, 6.45) is 3.88. The molecule has 0 aliphatic heterocycles. The highest BCUT2D eigenvalue weighted by Crippen LogP contribution is 2.23. The molecule has 0 bridgehead atoms. The number of hydrogen-bond donors (Lipinski definition) is 0. The molecule has 0 spiro atoms. The van der Waals surface area contributed by atoms with Gasteiger partial charge in [-0.15, -0.1) is 0 Å². The summed E-state index contributed by atoms with van der Waals surface area (Å²) in [5, 5.41) is 4.41. The monoisotopic (exact) mass is 328 g/mol. The number of ether oxygens (including phenoxy) is 1. The Kier molecular flexibility index (Phi) is 3.56. The van der Waals surface area contributed by atoms with Gasteiger partial charge >= 0.3 is 0 Å². The normalized spacial score (nSPS) is 10.5. The predicted molar refractivity (Wildman–Crippen MR) is 83.3 cm³/mol. The molecule has 0 fully saturated rings. The first-order valence-corrected chi connectivity index (χ1v) is 7.00. The van der Waals surface area contributed by atoms with Crippen molar-refractivity contribution in [2.45, 2.75) is 0 Å². The van der Waals surface area contributed by atoms with Gasteiger partial charge in [0, 0.05) is 16.2 Å². The molecule has 0 aliphatic carbocycles. The van der Waals surface area contributed by atoms with Crippen molar-refractivity contribution in [2.75, 3.05) is 7.11 Å². The number of methoxy groups -OCH3 is 1. The quantitative estimate of drug-likeness (QED) is 0.716. The second kappa shape index (κ2) is 5.51. The van der Waals surface area contributed by atoms with Gasteiger partial charge in [0.05, 0.1) is 19.0 Å². The van der Waals surface area contributed by atoms with Gasteiger partial charge in [-0.1, -0.05) is 28.1 Å². The molecule has 0 saturated heterocycles. The van der Waals surface area contributed by atoms with Crippen LogP contribution in [0.15, 0.2) is 65.4 Å². The smallest absolute Gasteiger partial charge is 0.119 e. The first kappa shape index (κ1) is 12.9. The summed E-state index contributed by atoms with van der Waals surface area (Å²) in [5.74, 6) is 0.841. The van der Waals surface area contributed by atoms with E-state index < -0.39 is 0 Å².